The summed E-state index contributed by atoms with van der Waals surface area (Å²) in [7, 11) is 0. The molecule has 8 heteroatoms. The minimum absolute atomic E-state index is 0. The molecule has 0 spiro atoms. The molecular formula is C40H66Li2Mg2N4. The molecule has 0 aliphatic rings. The van der Waals surface area contributed by atoms with Crippen molar-refractivity contribution in [3.8, 4) is 11.8 Å². The second kappa shape index (κ2) is 47.1. The Balaban J connectivity index is -0.0000000657. The topological polar surface area (TPSA) is 56.4 Å². The summed E-state index contributed by atoms with van der Waals surface area (Å²) in [6.45, 7) is 33.6. The third kappa shape index (κ3) is 72.0. The van der Waals surface area contributed by atoms with Crippen molar-refractivity contribution in [1.29, 1.82) is 0 Å². The van der Waals surface area contributed by atoms with Crippen LogP contribution >= 0.6 is 0 Å². The van der Waals surface area contributed by atoms with Gasteiger partial charge in [-0.3, -0.25) is 11.8 Å². The summed E-state index contributed by atoms with van der Waals surface area (Å²) < 4.78 is 0. The summed E-state index contributed by atoms with van der Waals surface area (Å²) in [5.41, 5.74) is 1.65. The number of nitrogens with zero attached hydrogens (tertiary/aromatic N) is 4. The molecule has 252 valence electrons. The molecule has 4 nitrogen and oxygen atoms in total. The van der Waals surface area contributed by atoms with E-state index in [9.17, 15) is 0 Å². The summed E-state index contributed by atoms with van der Waals surface area (Å²) in [4.78, 5) is 0. The molecule has 0 unspecified atom stereocenters. The molecular weight excluding hydrogens is 599 g/mol. The fraction of sp³-hybridized carbons (Fsp3) is 0.600. The largest absolute Gasteiger partial charge is 2.00 e. The standard InChI is InChI=1S/2C8H5.4C6H14N.2Li.2Mg/c2*1-2-8-6-4-3-5-7-8;4*1-5(2)7-6(3)4;;;;/h2*3-7H;4*5-6H,1-4H3;;;;/q6*-1;2*+1;2*+2. The van der Waals surface area contributed by atoms with Gasteiger partial charge in [-0.25, -0.2) is 0 Å². The first kappa shape index (κ1) is 66.4. The van der Waals surface area contributed by atoms with Crippen LogP contribution in [0.5, 0.6) is 0 Å². The van der Waals surface area contributed by atoms with Gasteiger partial charge in [0.15, 0.2) is 0 Å². The van der Waals surface area contributed by atoms with Gasteiger partial charge in [-0.05, 0) is 0 Å². The van der Waals surface area contributed by atoms with Gasteiger partial charge in [0.2, 0.25) is 0 Å². The van der Waals surface area contributed by atoms with Crippen LogP contribution in [0.4, 0.5) is 0 Å². The fourth-order valence-corrected chi connectivity index (χ4v) is 3.43. The van der Waals surface area contributed by atoms with Gasteiger partial charge < -0.3 is 34.1 Å². The fourth-order valence-electron chi connectivity index (χ4n) is 3.43. The molecule has 2 aromatic rings. The third-order valence-electron chi connectivity index (χ3n) is 4.22. The number of benzene rings is 2. The average Bonchev–Trinajstić information content (AvgIpc) is 2.88. The molecule has 0 radical (unpaired) electrons. The van der Waals surface area contributed by atoms with E-state index in [2.05, 4.69) is 144 Å². The molecule has 2 aromatic carbocycles. The van der Waals surface area contributed by atoms with Crippen molar-refractivity contribution in [3.05, 3.63) is 106 Å². The van der Waals surface area contributed by atoms with E-state index in [0.717, 1.165) is 11.1 Å². The second-order valence-corrected chi connectivity index (χ2v) is 12.3. The monoisotopic (exact) mass is 665 g/mol. The van der Waals surface area contributed by atoms with Crippen LogP contribution in [0.25, 0.3) is 21.3 Å². The van der Waals surface area contributed by atoms with Gasteiger partial charge in [-0.2, -0.15) is 0 Å². The average molecular weight is 665 g/mol. The molecule has 0 N–H and O–H groups in total. The number of hydrogen-bond acceptors (Lipinski definition) is 0. The zero-order valence-electron chi connectivity index (χ0n) is 34.6. The quantitative estimate of drug-likeness (QED) is 0.212. The van der Waals surface area contributed by atoms with E-state index in [1.165, 1.54) is 0 Å². The molecule has 0 aromatic heterocycles. The smallest absolute Gasteiger partial charge is 0.658 e. The molecule has 0 atom stereocenters. The summed E-state index contributed by atoms with van der Waals surface area (Å²) in [6.07, 6.45) is 13.4. The Hall–Kier alpha value is 0.127. The molecule has 0 saturated heterocycles. The van der Waals surface area contributed by atoms with Crippen LogP contribution in [0.3, 0.4) is 0 Å². The van der Waals surface area contributed by atoms with Crippen molar-refractivity contribution in [3.63, 3.8) is 0 Å². The SMILES string of the molecule is CC(C)[N-]C(C)C.CC(C)[N-]C(C)C.CC(C)[N-]C(C)C.CC(C)[N-]C(C)C.[C-]#Cc1ccccc1.[C-]#Cc1ccccc1.[Li+].[Li+].[Mg+2].[Mg+2]. The van der Waals surface area contributed by atoms with Crippen LogP contribution in [0, 0.1) is 24.7 Å². The Kier molecular flexibility index (Phi) is 65.2. The Morgan fingerprint density at radius 1 is 0.354 bits per heavy atom. The Morgan fingerprint density at radius 3 is 0.562 bits per heavy atom. The molecule has 0 saturated carbocycles. The van der Waals surface area contributed by atoms with E-state index >= 15 is 0 Å². The van der Waals surface area contributed by atoms with Gasteiger partial charge >= 0.3 is 83.8 Å². The van der Waals surface area contributed by atoms with Crippen LogP contribution < -0.4 is 37.7 Å². The number of hydrogen-bond donors (Lipinski definition) is 0. The van der Waals surface area contributed by atoms with Crippen molar-refractivity contribution < 1.29 is 37.7 Å². The third-order valence-corrected chi connectivity index (χ3v) is 4.22. The predicted octanol–water partition coefficient (Wildman–Crippen LogP) is 5.20. The van der Waals surface area contributed by atoms with Crippen molar-refractivity contribution >= 4 is 46.1 Å². The van der Waals surface area contributed by atoms with Crippen LogP contribution in [0.1, 0.15) is 122 Å². The Bertz CT molecular complexity index is 794. The minimum atomic E-state index is 0. The van der Waals surface area contributed by atoms with Crippen LogP contribution in [-0.2, 0) is 0 Å². The van der Waals surface area contributed by atoms with E-state index < -0.39 is 0 Å². The van der Waals surface area contributed by atoms with E-state index in [4.69, 9.17) is 12.8 Å². The van der Waals surface area contributed by atoms with Gasteiger partial charge in [0.25, 0.3) is 0 Å². The molecule has 48 heavy (non-hydrogen) atoms. The zero-order valence-corrected chi connectivity index (χ0v) is 37.4. The van der Waals surface area contributed by atoms with E-state index in [-0.39, 0.29) is 83.8 Å². The van der Waals surface area contributed by atoms with Crippen LogP contribution in [0.15, 0.2) is 60.7 Å². The molecule has 0 heterocycles. The van der Waals surface area contributed by atoms with Crippen LogP contribution in [-0.4, -0.2) is 94.4 Å². The normalized spacial score (nSPS) is 9.12. The first-order valence-electron chi connectivity index (χ1n) is 16.1. The van der Waals surface area contributed by atoms with Crippen molar-refractivity contribution in [2.75, 3.05) is 0 Å². The maximum Gasteiger partial charge on any atom is 2.00 e. The van der Waals surface area contributed by atoms with Crippen molar-refractivity contribution in [1.82, 2.24) is 0 Å². The van der Waals surface area contributed by atoms with E-state index in [1.807, 2.05) is 60.7 Å². The van der Waals surface area contributed by atoms with E-state index in [0.29, 0.717) is 48.3 Å². The summed E-state index contributed by atoms with van der Waals surface area (Å²) in [5.74, 6) is 4.55. The zero-order chi connectivity index (χ0) is 35.1. The molecule has 2 rings (SSSR count). The minimum Gasteiger partial charge on any atom is -0.658 e. The maximum atomic E-state index is 6.69. The Labute approximate surface area is 357 Å². The predicted molar refractivity (Wildman–Crippen MR) is 211 cm³/mol. The number of rotatable bonds is 8. The molecule has 0 fully saturated rings. The van der Waals surface area contributed by atoms with E-state index in [1.54, 1.807) is 0 Å². The Morgan fingerprint density at radius 2 is 0.500 bits per heavy atom. The van der Waals surface area contributed by atoms with Crippen LogP contribution in [0.2, 0.25) is 0 Å². The van der Waals surface area contributed by atoms with Gasteiger partial charge in [0.05, 0.1) is 0 Å². The van der Waals surface area contributed by atoms with Gasteiger partial charge in [0.1, 0.15) is 0 Å². The first-order valence-corrected chi connectivity index (χ1v) is 16.1. The second-order valence-electron chi connectivity index (χ2n) is 12.3. The summed E-state index contributed by atoms with van der Waals surface area (Å²) in [6, 6.07) is 22.7. The van der Waals surface area contributed by atoms with Crippen molar-refractivity contribution in [2.24, 2.45) is 0 Å². The van der Waals surface area contributed by atoms with Gasteiger partial charge in [-0.1, -0.05) is 147 Å². The summed E-state index contributed by atoms with van der Waals surface area (Å²) in [5, 5.41) is 17.1. The summed E-state index contributed by atoms with van der Waals surface area (Å²) >= 11 is 0. The maximum absolute atomic E-state index is 6.69. The molecule has 0 amide bonds. The van der Waals surface area contributed by atoms with Crippen molar-refractivity contribution in [2.45, 2.75) is 159 Å². The molecule has 0 aliphatic carbocycles. The first-order chi connectivity index (χ1) is 20.4. The van der Waals surface area contributed by atoms with Gasteiger partial charge in [0, 0.05) is 0 Å². The molecule has 0 aliphatic heterocycles. The molecule has 0 bridgehead atoms. The van der Waals surface area contributed by atoms with Gasteiger partial charge in [-0.15, -0.1) is 83.7 Å².